The van der Waals surface area contributed by atoms with Gasteiger partial charge in [-0.3, -0.25) is 4.90 Å². The van der Waals surface area contributed by atoms with E-state index in [0.29, 0.717) is 19.6 Å². The van der Waals surface area contributed by atoms with Crippen molar-refractivity contribution in [2.24, 2.45) is 0 Å². The van der Waals surface area contributed by atoms with Crippen LogP contribution in [0.25, 0.3) is 0 Å². The van der Waals surface area contributed by atoms with E-state index in [9.17, 15) is 8.42 Å². The van der Waals surface area contributed by atoms with Crippen molar-refractivity contribution in [3.63, 3.8) is 0 Å². The van der Waals surface area contributed by atoms with Crippen LogP contribution in [0.5, 0.6) is 0 Å². The molecule has 0 aromatic heterocycles. The van der Waals surface area contributed by atoms with E-state index < -0.39 is 10.2 Å². The monoisotopic (exact) mass is 292 g/mol. The van der Waals surface area contributed by atoms with Gasteiger partial charge in [0.15, 0.2) is 0 Å². The van der Waals surface area contributed by atoms with Crippen LogP contribution in [0, 0.1) is 0 Å². The van der Waals surface area contributed by atoms with Gasteiger partial charge in [0.2, 0.25) is 0 Å². The second-order valence-electron chi connectivity index (χ2n) is 5.85. The molecule has 19 heavy (non-hydrogen) atoms. The van der Waals surface area contributed by atoms with Crippen LogP contribution in [0.15, 0.2) is 0 Å². The molecule has 114 valence electrons. The maximum atomic E-state index is 12.5. The Balaban J connectivity index is 2.67. The van der Waals surface area contributed by atoms with Gasteiger partial charge in [-0.05, 0) is 40.9 Å². The summed E-state index contributed by atoms with van der Waals surface area (Å²) in [5.41, 5.74) is -0.114. The van der Waals surface area contributed by atoms with E-state index in [1.54, 1.807) is 11.4 Å². The lowest BCUT2D eigenvalue weighted by Gasteiger charge is -2.45. The average molecular weight is 292 g/mol. The zero-order chi connectivity index (χ0) is 14.7. The Morgan fingerprint density at radius 3 is 2.47 bits per heavy atom. The topological polar surface area (TPSA) is 55.9 Å². The molecule has 1 aliphatic heterocycles. The summed E-state index contributed by atoms with van der Waals surface area (Å²) in [4.78, 5) is 2.21. The molecule has 0 spiro atoms. The summed E-state index contributed by atoms with van der Waals surface area (Å²) in [6.45, 7) is 7.42. The third-order valence-corrected chi connectivity index (χ3v) is 5.84. The molecule has 6 nitrogen and oxygen atoms in total. The molecule has 7 heteroatoms. The van der Waals surface area contributed by atoms with Crippen molar-refractivity contribution >= 4 is 10.2 Å². The van der Waals surface area contributed by atoms with Crippen LogP contribution in [0.3, 0.4) is 0 Å². The first kappa shape index (κ1) is 16.8. The maximum Gasteiger partial charge on any atom is 0.281 e. The van der Waals surface area contributed by atoms with Crippen LogP contribution in [0.4, 0.5) is 0 Å². The summed E-state index contributed by atoms with van der Waals surface area (Å²) < 4.78 is 28.0. The van der Waals surface area contributed by atoms with Gasteiger partial charge in [-0.25, -0.2) is 0 Å². The lowest BCUT2D eigenvalue weighted by atomic mass is 10.0. The van der Waals surface area contributed by atoms with Gasteiger partial charge in [0.05, 0.1) is 0 Å². The quantitative estimate of drug-likeness (QED) is 0.689. The largest absolute Gasteiger partial charge is 0.320 e. The standard InChI is InChI=1S/C12H28N4O2S/c1-12(2)11-16(10-9-14(12)4)19(17,18)15(5)8-6-7-13-3/h13H,6-11H2,1-5H3. The minimum absolute atomic E-state index is 0.114. The molecule has 1 heterocycles. The van der Waals surface area contributed by atoms with Gasteiger partial charge < -0.3 is 5.32 Å². The molecule has 0 unspecified atom stereocenters. The molecule has 0 bridgehead atoms. The number of rotatable bonds is 6. The van der Waals surface area contributed by atoms with Gasteiger partial charge >= 0.3 is 0 Å². The second-order valence-corrected chi connectivity index (χ2v) is 7.89. The summed E-state index contributed by atoms with van der Waals surface area (Å²) in [7, 11) is 2.25. The van der Waals surface area contributed by atoms with Gasteiger partial charge in [0.25, 0.3) is 10.2 Å². The number of nitrogens with zero attached hydrogens (tertiary/aromatic N) is 3. The fourth-order valence-electron chi connectivity index (χ4n) is 2.18. The molecule has 0 amide bonds. The Morgan fingerprint density at radius 2 is 1.95 bits per heavy atom. The number of nitrogens with one attached hydrogen (secondary N) is 1. The molecule has 0 aliphatic carbocycles. The molecule has 0 aromatic rings. The Bertz CT molecular complexity index is 383. The summed E-state index contributed by atoms with van der Waals surface area (Å²) in [6.07, 6.45) is 0.823. The summed E-state index contributed by atoms with van der Waals surface area (Å²) in [5.74, 6) is 0. The summed E-state index contributed by atoms with van der Waals surface area (Å²) in [6, 6.07) is 0. The molecule has 0 saturated carbocycles. The molecular formula is C12H28N4O2S. The zero-order valence-electron chi connectivity index (χ0n) is 12.8. The first-order valence-electron chi connectivity index (χ1n) is 6.79. The SMILES string of the molecule is CNCCCN(C)S(=O)(=O)N1CCN(C)C(C)(C)C1. The van der Waals surface area contributed by atoms with E-state index in [1.807, 2.05) is 14.1 Å². The van der Waals surface area contributed by atoms with Crippen LogP contribution < -0.4 is 5.32 Å². The average Bonchev–Trinajstić information content (AvgIpc) is 2.32. The molecule has 1 N–H and O–H groups in total. The van der Waals surface area contributed by atoms with Crippen LogP contribution >= 0.6 is 0 Å². The lowest BCUT2D eigenvalue weighted by Crippen LogP contribution is -2.60. The van der Waals surface area contributed by atoms with Crippen LogP contribution in [0.2, 0.25) is 0 Å². The van der Waals surface area contributed by atoms with E-state index >= 15 is 0 Å². The van der Waals surface area contributed by atoms with E-state index in [2.05, 4.69) is 24.1 Å². The Morgan fingerprint density at radius 1 is 1.32 bits per heavy atom. The van der Waals surface area contributed by atoms with Crippen molar-refractivity contribution in [3.05, 3.63) is 0 Å². The van der Waals surface area contributed by atoms with Gasteiger partial charge in [-0.15, -0.1) is 0 Å². The van der Waals surface area contributed by atoms with Gasteiger partial charge in [0, 0.05) is 38.8 Å². The summed E-state index contributed by atoms with van der Waals surface area (Å²) >= 11 is 0. The van der Waals surface area contributed by atoms with Gasteiger partial charge in [-0.1, -0.05) is 0 Å². The maximum absolute atomic E-state index is 12.5. The highest BCUT2D eigenvalue weighted by Gasteiger charge is 2.37. The first-order chi connectivity index (χ1) is 8.71. The predicted octanol–water partition coefficient (Wildman–Crippen LogP) is -0.201. The highest BCUT2D eigenvalue weighted by molar-refractivity contribution is 7.86. The molecule has 1 rings (SSSR count). The molecule has 0 radical (unpaired) electrons. The normalized spacial score (nSPS) is 22.0. The minimum atomic E-state index is -3.32. The predicted molar refractivity (Wildman–Crippen MR) is 78.4 cm³/mol. The third-order valence-electron chi connectivity index (χ3n) is 3.90. The van der Waals surface area contributed by atoms with Crippen molar-refractivity contribution in [1.29, 1.82) is 0 Å². The molecule has 0 atom stereocenters. The first-order valence-corrected chi connectivity index (χ1v) is 8.19. The number of piperazine rings is 1. The lowest BCUT2D eigenvalue weighted by molar-refractivity contribution is 0.0773. The number of likely N-dealkylation sites (N-methyl/N-ethyl adjacent to an activating group) is 1. The summed E-state index contributed by atoms with van der Waals surface area (Å²) in [5, 5.41) is 3.03. The van der Waals surface area contributed by atoms with E-state index in [0.717, 1.165) is 19.5 Å². The van der Waals surface area contributed by atoms with Crippen LogP contribution in [-0.2, 0) is 10.2 Å². The van der Waals surface area contributed by atoms with Crippen LogP contribution in [0.1, 0.15) is 20.3 Å². The molecule has 0 aromatic carbocycles. The van der Waals surface area contributed by atoms with E-state index in [-0.39, 0.29) is 5.54 Å². The molecule has 1 saturated heterocycles. The zero-order valence-corrected chi connectivity index (χ0v) is 13.6. The Labute approximate surface area is 117 Å². The van der Waals surface area contributed by atoms with Crippen molar-refractivity contribution in [3.8, 4) is 0 Å². The third kappa shape index (κ3) is 4.13. The second kappa shape index (κ2) is 6.49. The minimum Gasteiger partial charge on any atom is -0.320 e. The fourth-order valence-corrected chi connectivity index (χ4v) is 3.73. The Hall–Kier alpha value is -0.210. The van der Waals surface area contributed by atoms with Crippen molar-refractivity contribution in [2.75, 3.05) is 53.9 Å². The van der Waals surface area contributed by atoms with Crippen LogP contribution in [-0.4, -0.2) is 81.3 Å². The van der Waals surface area contributed by atoms with Crippen molar-refractivity contribution < 1.29 is 8.42 Å². The van der Waals surface area contributed by atoms with Crippen molar-refractivity contribution in [2.45, 2.75) is 25.8 Å². The smallest absolute Gasteiger partial charge is 0.281 e. The number of hydrogen-bond acceptors (Lipinski definition) is 4. The molecular weight excluding hydrogens is 264 g/mol. The highest BCUT2D eigenvalue weighted by atomic mass is 32.2. The van der Waals surface area contributed by atoms with Gasteiger partial charge in [-0.2, -0.15) is 17.0 Å². The highest BCUT2D eigenvalue weighted by Crippen LogP contribution is 2.22. The molecule has 1 aliphatic rings. The van der Waals surface area contributed by atoms with E-state index in [1.165, 1.54) is 4.31 Å². The Kier molecular flexibility index (Phi) is 5.76. The van der Waals surface area contributed by atoms with E-state index in [4.69, 9.17) is 0 Å². The van der Waals surface area contributed by atoms with Gasteiger partial charge in [0.1, 0.15) is 0 Å². The molecule has 1 fully saturated rings. The van der Waals surface area contributed by atoms with Crippen molar-refractivity contribution in [1.82, 2.24) is 18.8 Å². The number of hydrogen-bond donors (Lipinski definition) is 1. The fraction of sp³-hybridized carbons (Fsp3) is 1.00.